The molecule has 14 nitrogen and oxygen atoms in total. The van der Waals surface area contributed by atoms with E-state index in [2.05, 4.69) is 19.2 Å². The third-order valence-electron chi connectivity index (χ3n) is 15.1. The first-order valence-corrected chi connectivity index (χ1v) is 29.8. The fourth-order valence-electron chi connectivity index (χ4n) is 10.2. The lowest BCUT2D eigenvalue weighted by Crippen LogP contribution is -2.65. The summed E-state index contributed by atoms with van der Waals surface area (Å²) in [6.45, 7) is 2.86. The average Bonchev–Trinajstić information content (AvgIpc) is 3.37. The Morgan fingerprint density at radius 1 is 0.451 bits per heavy atom. The molecule has 422 valence electrons. The van der Waals surface area contributed by atoms with E-state index in [0.717, 1.165) is 51.4 Å². The molecule has 0 aromatic rings. The van der Waals surface area contributed by atoms with Crippen LogP contribution in [0.15, 0.2) is 0 Å². The van der Waals surface area contributed by atoms with Crippen LogP contribution in [0.1, 0.15) is 264 Å². The Balaban J connectivity index is 1.65. The number of rotatable bonds is 48. The van der Waals surface area contributed by atoms with Crippen LogP contribution >= 0.6 is 0 Å². The van der Waals surface area contributed by atoms with Gasteiger partial charge in [0.25, 0.3) is 0 Å². The molecule has 2 saturated heterocycles. The summed E-state index contributed by atoms with van der Waals surface area (Å²) in [7, 11) is 0. The van der Waals surface area contributed by atoms with Crippen LogP contribution in [0, 0.1) is 0 Å². The van der Waals surface area contributed by atoms with Gasteiger partial charge in [0, 0.05) is 6.42 Å². The molecule has 0 saturated carbocycles. The van der Waals surface area contributed by atoms with Crippen LogP contribution in [0.2, 0.25) is 0 Å². The van der Waals surface area contributed by atoms with Gasteiger partial charge >= 0.3 is 0 Å². The number of carbonyl (C=O) groups is 1. The predicted octanol–water partition coefficient (Wildman–Crippen LogP) is 9.73. The minimum absolute atomic E-state index is 0.206. The van der Waals surface area contributed by atoms with Crippen molar-refractivity contribution in [2.75, 3.05) is 19.8 Å². The summed E-state index contributed by atoms with van der Waals surface area (Å²) in [5.74, 6) is -0.206. The molecule has 12 atom stereocenters. The van der Waals surface area contributed by atoms with E-state index in [4.69, 9.17) is 18.9 Å². The van der Waals surface area contributed by atoms with Crippen LogP contribution in [0.3, 0.4) is 0 Å². The third-order valence-corrected chi connectivity index (χ3v) is 15.1. The van der Waals surface area contributed by atoms with E-state index in [-0.39, 0.29) is 12.5 Å². The molecule has 2 fully saturated rings. The standard InChI is InChI=1S/C57H111NO13/c1-3-5-7-9-11-13-14-15-16-17-18-19-20-21-22-23-24-25-26-27-28-29-30-31-33-34-36-38-40-46(61)45(58-49(62)41-39-37-35-32-12-10-8-6-4-2)44-68-56-54(67)52(65)55(48(43-60)70-56)71-57-53(66)51(64)50(63)47(42-59)69-57/h45-48,50-57,59-61,63-67H,3-44H2,1-2H3,(H,58,62). The number of aliphatic hydroxyl groups excluding tert-OH is 8. The van der Waals surface area contributed by atoms with Gasteiger partial charge < -0.3 is 65.1 Å². The van der Waals surface area contributed by atoms with Gasteiger partial charge in [0.1, 0.15) is 48.8 Å². The molecule has 0 aromatic carbocycles. The minimum atomic E-state index is -1.78. The summed E-state index contributed by atoms with van der Waals surface area (Å²) in [5, 5.41) is 87.0. The van der Waals surface area contributed by atoms with E-state index < -0.39 is 86.8 Å². The third kappa shape index (κ3) is 30.4. The highest BCUT2D eigenvalue weighted by molar-refractivity contribution is 5.76. The molecule has 2 rings (SSSR count). The molecule has 0 radical (unpaired) electrons. The maximum atomic E-state index is 13.2. The molecule has 2 aliphatic heterocycles. The minimum Gasteiger partial charge on any atom is -0.394 e. The number of hydrogen-bond acceptors (Lipinski definition) is 13. The monoisotopic (exact) mass is 1020 g/mol. The summed E-state index contributed by atoms with van der Waals surface area (Å²) in [5.41, 5.74) is 0. The predicted molar refractivity (Wildman–Crippen MR) is 282 cm³/mol. The largest absolute Gasteiger partial charge is 0.394 e. The van der Waals surface area contributed by atoms with E-state index in [1.807, 2.05) is 0 Å². The lowest BCUT2D eigenvalue weighted by Gasteiger charge is -2.46. The molecule has 9 N–H and O–H groups in total. The number of carbonyl (C=O) groups excluding carboxylic acids is 1. The Labute approximate surface area is 432 Å². The zero-order chi connectivity index (χ0) is 51.7. The maximum Gasteiger partial charge on any atom is 0.220 e. The van der Waals surface area contributed by atoms with Gasteiger partial charge in [-0.15, -0.1) is 0 Å². The Bertz CT molecular complexity index is 1200. The molecule has 0 aliphatic carbocycles. The number of unbranched alkanes of at least 4 members (excludes halogenated alkanes) is 35. The van der Waals surface area contributed by atoms with Crippen molar-refractivity contribution in [1.82, 2.24) is 5.32 Å². The molecule has 12 unspecified atom stereocenters. The van der Waals surface area contributed by atoms with Crippen molar-refractivity contribution in [3.8, 4) is 0 Å². The van der Waals surface area contributed by atoms with Gasteiger partial charge in [-0.25, -0.2) is 0 Å². The number of aliphatic hydroxyl groups is 8. The first kappa shape index (κ1) is 66.1. The van der Waals surface area contributed by atoms with Gasteiger partial charge in [0.2, 0.25) is 5.91 Å². The Kier molecular flexibility index (Phi) is 41.1. The van der Waals surface area contributed by atoms with Crippen molar-refractivity contribution < 1.29 is 64.6 Å². The number of nitrogens with one attached hydrogen (secondary N) is 1. The molecular formula is C57H111NO13. The summed E-state index contributed by atoms with van der Waals surface area (Å²) < 4.78 is 22.8. The molecule has 0 aromatic heterocycles. The van der Waals surface area contributed by atoms with Crippen molar-refractivity contribution in [1.29, 1.82) is 0 Å². The van der Waals surface area contributed by atoms with Gasteiger partial charge in [-0.2, -0.15) is 0 Å². The maximum absolute atomic E-state index is 13.2. The van der Waals surface area contributed by atoms with Crippen molar-refractivity contribution >= 4 is 5.91 Å². The molecule has 0 spiro atoms. The smallest absolute Gasteiger partial charge is 0.220 e. The number of amides is 1. The van der Waals surface area contributed by atoms with Gasteiger partial charge in [-0.1, -0.05) is 245 Å². The van der Waals surface area contributed by atoms with Crippen molar-refractivity contribution in [2.45, 2.75) is 338 Å². The summed E-state index contributed by atoms with van der Waals surface area (Å²) in [6.07, 6.45) is 31.4. The molecule has 14 heteroatoms. The lowest BCUT2D eigenvalue weighted by molar-refractivity contribution is -0.359. The van der Waals surface area contributed by atoms with Crippen LogP contribution in [0.25, 0.3) is 0 Å². The van der Waals surface area contributed by atoms with E-state index in [0.29, 0.717) is 12.8 Å². The summed E-state index contributed by atoms with van der Waals surface area (Å²) in [6, 6.07) is -0.821. The molecular weight excluding hydrogens is 907 g/mol. The highest BCUT2D eigenvalue weighted by Gasteiger charge is 2.51. The lowest BCUT2D eigenvalue weighted by atomic mass is 9.97. The normalized spacial score (nSPS) is 25.7. The van der Waals surface area contributed by atoms with Crippen LogP contribution in [-0.4, -0.2) is 140 Å². The fraction of sp³-hybridized carbons (Fsp3) is 0.982. The fourth-order valence-corrected chi connectivity index (χ4v) is 10.2. The highest BCUT2D eigenvalue weighted by atomic mass is 16.7. The average molecular weight is 1020 g/mol. The first-order valence-electron chi connectivity index (χ1n) is 29.8. The van der Waals surface area contributed by atoms with Crippen LogP contribution in [-0.2, 0) is 23.7 Å². The number of ether oxygens (including phenoxy) is 4. The molecule has 1 amide bonds. The van der Waals surface area contributed by atoms with Gasteiger partial charge in [-0.3, -0.25) is 4.79 Å². The van der Waals surface area contributed by atoms with Crippen LogP contribution in [0.5, 0.6) is 0 Å². The second-order valence-electron chi connectivity index (χ2n) is 21.5. The molecule has 0 bridgehead atoms. The second kappa shape index (κ2) is 44.2. The van der Waals surface area contributed by atoms with E-state index in [1.54, 1.807) is 0 Å². The van der Waals surface area contributed by atoms with Gasteiger partial charge in [-0.05, 0) is 12.8 Å². The SMILES string of the molecule is CCCCCCCCCCCCCCCCCCCCCCCCCCCCCCC(O)C(COC1OC(CO)C(OC2OC(CO)C(O)C(O)C2O)C(O)C1O)NC(=O)CCCCCCCCCCC. The Morgan fingerprint density at radius 2 is 0.803 bits per heavy atom. The van der Waals surface area contributed by atoms with E-state index >= 15 is 0 Å². The first-order chi connectivity index (χ1) is 34.6. The number of hydrogen-bond donors (Lipinski definition) is 9. The van der Waals surface area contributed by atoms with E-state index in [1.165, 1.54) is 186 Å². The highest BCUT2D eigenvalue weighted by Crippen LogP contribution is 2.30. The Hall–Kier alpha value is -1.01. The van der Waals surface area contributed by atoms with Crippen molar-refractivity contribution in [2.24, 2.45) is 0 Å². The van der Waals surface area contributed by atoms with Crippen LogP contribution in [0.4, 0.5) is 0 Å². The summed E-state index contributed by atoms with van der Waals surface area (Å²) in [4.78, 5) is 13.2. The second-order valence-corrected chi connectivity index (χ2v) is 21.5. The van der Waals surface area contributed by atoms with Gasteiger partial charge in [0.15, 0.2) is 12.6 Å². The zero-order valence-corrected chi connectivity index (χ0v) is 45.2. The topological polar surface area (TPSA) is 228 Å². The van der Waals surface area contributed by atoms with Gasteiger partial charge in [0.05, 0.1) is 32.0 Å². The quantitative estimate of drug-likeness (QED) is 0.0259. The van der Waals surface area contributed by atoms with Crippen molar-refractivity contribution in [3.63, 3.8) is 0 Å². The molecule has 2 aliphatic rings. The summed E-state index contributed by atoms with van der Waals surface area (Å²) >= 11 is 0. The molecule has 2 heterocycles. The van der Waals surface area contributed by atoms with Crippen LogP contribution < -0.4 is 5.32 Å². The zero-order valence-electron chi connectivity index (χ0n) is 45.2. The van der Waals surface area contributed by atoms with E-state index in [9.17, 15) is 45.6 Å². The molecule has 71 heavy (non-hydrogen) atoms. The van der Waals surface area contributed by atoms with Crippen molar-refractivity contribution in [3.05, 3.63) is 0 Å². The Morgan fingerprint density at radius 3 is 1.20 bits per heavy atom.